The van der Waals surface area contributed by atoms with Crippen LogP contribution in [0, 0.1) is 0 Å². The molecule has 0 saturated carbocycles. The number of rotatable bonds is 5. The Hall–Kier alpha value is -2.70. The van der Waals surface area contributed by atoms with Crippen molar-refractivity contribution in [1.29, 1.82) is 0 Å². The smallest absolute Gasteiger partial charge is 0.308 e. The zero-order chi connectivity index (χ0) is 19.4. The molecule has 0 spiro atoms. The Kier molecular flexibility index (Phi) is 5.88. The molecule has 7 nitrogen and oxygen atoms in total. The second kappa shape index (κ2) is 8.33. The number of fused-ring (bicyclic) bond motifs is 1. The van der Waals surface area contributed by atoms with Gasteiger partial charge in [-0.05, 0) is 45.2 Å². The van der Waals surface area contributed by atoms with Crippen LogP contribution in [0.4, 0.5) is 0 Å². The lowest BCUT2D eigenvalue weighted by molar-refractivity contribution is -0.155. The van der Waals surface area contributed by atoms with Crippen molar-refractivity contribution in [1.82, 2.24) is 14.7 Å². The Morgan fingerprint density at radius 3 is 2.63 bits per heavy atom. The molecule has 1 aliphatic rings. The van der Waals surface area contributed by atoms with E-state index < -0.39 is 5.97 Å². The minimum Gasteiger partial charge on any atom is -0.456 e. The topological polar surface area (TPSA) is 81.5 Å². The van der Waals surface area contributed by atoms with E-state index in [1.54, 1.807) is 22.9 Å². The number of hydrogen-bond donors (Lipinski definition) is 0. The van der Waals surface area contributed by atoms with Crippen molar-refractivity contribution >= 4 is 22.8 Å². The van der Waals surface area contributed by atoms with Gasteiger partial charge in [0.25, 0.3) is 5.91 Å². The number of aromatic nitrogens is 2. The molecular formula is C20H25N3O4. The van der Waals surface area contributed by atoms with Gasteiger partial charge < -0.3 is 9.64 Å². The standard InChI is InChI=1S/C20H25N3O4/c1-14-6-5-7-15(2)23(14)19(25)13-27-20(26)10-11-22-17-9-4-3-8-16(17)18(24)12-21-22/h3-4,8-9,12,14-15H,5-7,10-11,13H2,1-2H3. The minimum absolute atomic E-state index is 0.0816. The summed E-state index contributed by atoms with van der Waals surface area (Å²) in [6, 6.07) is 7.48. The Morgan fingerprint density at radius 1 is 1.19 bits per heavy atom. The zero-order valence-corrected chi connectivity index (χ0v) is 15.8. The van der Waals surface area contributed by atoms with Gasteiger partial charge in [-0.1, -0.05) is 12.1 Å². The number of ether oxygens (including phenoxy) is 1. The molecule has 1 fully saturated rings. The van der Waals surface area contributed by atoms with E-state index in [1.807, 2.05) is 24.8 Å². The van der Waals surface area contributed by atoms with E-state index in [9.17, 15) is 14.4 Å². The molecule has 0 N–H and O–H groups in total. The van der Waals surface area contributed by atoms with Crippen molar-refractivity contribution in [3.63, 3.8) is 0 Å². The first kappa shape index (κ1) is 19.1. The monoisotopic (exact) mass is 371 g/mol. The molecule has 0 radical (unpaired) electrons. The third-order valence-corrected chi connectivity index (χ3v) is 5.13. The highest BCUT2D eigenvalue weighted by Crippen LogP contribution is 2.22. The highest BCUT2D eigenvalue weighted by molar-refractivity contribution is 5.81. The Morgan fingerprint density at radius 2 is 1.89 bits per heavy atom. The molecule has 3 rings (SSSR count). The second-order valence-electron chi connectivity index (χ2n) is 7.09. The summed E-state index contributed by atoms with van der Waals surface area (Å²) in [6.07, 6.45) is 4.41. The number of nitrogens with zero attached hydrogens (tertiary/aromatic N) is 3. The van der Waals surface area contributed by atoms with Crippen LogP contribution in [-0.2, 0) is 20.9 Å². The van der Waals surface area contributed by atoms with Crippen LogP contribution in [0.15, 0.2) is 35.3 Å². The Labute approximate surface area is 157 Å². The molecule has 144 valence electrons. The molecule has 2 unspecified atom stereocenters. The molecule has 1 saturated heterocycles. The number of hydrogen-bond acceptors (Lipinski definition) is 5. The number of esters is 1. The van der Waals surface area contributed by atoms with Gasteiger partial charge in [0.05, 0.1) is 24.7 Å². The first-order valence-electron chi connectivity index (χ1n) is 9.39. The Bertz CT molecular complexity index is 882. The molecule has 2 aromatic rings. The van der Waals surface area contributed by atoms with Gasteiger partial charge in [-0.15, -0.1) is 0 Å². The molecule has 1 amide bonds. The number of para-hydroxylation sites is 1. The average Bonchev–Trinajstić information content (AvgIpc) is 2.66. The number of aryl methyl sites for hydroxylation is 1. The van der Waals surface area contributed by atoms with Gasteiger partial charge in [0, 0.05) is 17.5 Å². The van der Waals surface area contributed by atoms with Crippen molar-refractivity contribution in [2.24, 2.45) is 0 Å². The van der Waals surface area contributed by atoms with Crippen molar-refractivity contribution in [3.8, 4) is 0 Å². The number of benzene rings is 1. The molecular weight excluding hydrogens is 346 g/mol. The molecule has 7 heteroatoms. The number of piperidine rings is 1. The van der Waals surface area contributed by atoms with Crippen molar-refractivity contribution < 1.29 is 14.3 Å². The van der Waals surface area contributed by atoms with E-state index in [1.165, 1.54) is 6.20 Å². The Balaban J connectivity index is 1.55. The van der Waals surface area contributed by atoms with Gasteiger partial charge >= 0.3 is 5.97 Å². The van der Waals surface area contributed by atoms with Gasteiger partial charge in [0.15, 0.2) is 6.61 Å². The normalized spacial score (nSPS) is 19.9. The van der Waals surface area contributed by atoms with E-state index in [0.717, 1.165) is 19.3 Å². The predicted molar refractivity (Wildman–Crippen MR) is 101 cm³/mol. The first-order chi connectivity index (χ1) is 13.0. The summed E-state index contributed by atoms with van der Waals surface area (Å²) in [5.74, 6) is -0.597. The first-order valence-corrected chi connectivity index (χ1v) is 9.39. The molecule has 0 bridgehead atoms. The second-order valence-corrected chi connectivity index (χ2v) is 7.09. The van der Waals surface area contributed by atoms with Crippen LogP contribution in [-0.4, -0.2) is 45.2 Å². The molecule has 1 aliphatic heterocycles. The van der Waals surface area contributed by atoms with Crippen LogP contribution in [0.25, 0.3) is 10.9 Å². The van der Waals surface area contributed by atoms with Crippen LogP contribution < -0.4 is 5.43 Å². The summed E-state index contributed by atoms with van der Waals surface area (Å²) in [5.41, 5.74) is 0.518. The molecule has 2 heterocycles. The highest BCUT2D eigenvalue weighted by atomic mass is 16.5. The third-order valence-electron chi connectivity index (χ3n) is 5.13. The van der Waals surface area contributed by atoms with Crippen LogP contribution in [0.5, 0.6) is 0 Å². The number of carbonyl (C=O) groups is 2. The van der Waals surface area contributed by atoms with Crippen LogP contribution in [0.1, 0.15) is 39.5 Å². The van der Waals surface area contributed by atoms with Crippen molar-refractivity contribution in [2.45, 2.75) is 58.2 Å². The fourth-order valence-corrected chi connectivity index (χ4v) is 3.74. The fraction of sp³-hybridized carbons (Fsp3) is 0.500. The van der Waals surface area contributed by atoms with Crippen molar-refractivity contribution in [3.05, 3.63) is 40.7 Å². The quantitative estimate of drug-likeness (QED) is 0.752. The van der Waals surface area contributed by atoms with Gasteiger partial charge in [-0.2, -0.15) is 5.10 Å². The molecule has 1 aromatic heterocycles. The van der Waals surface area contributed by atoms with E-state index >= 15 is 0 Å². The summed E-state index contributed by atoms with van der Waals surface area (Å²) >= 11 is 0. The van der Waals surface area contributed by atoms with Crippen LogP contribution in [0.3, 0.4) is 0 Å². The number of amides is 1. The summed E-state index contributed by atoms with van der Waals surface area (Å²) < 4.78 is 6.78. The van der Waals surface area contributed by atoms with Gasteiger partial charge in [0.1, 0.15) is 0 Å². The third kappa shape index (κ3) is 4.35. The lowest BCUT2D eigenvalue weighted by atomic mass is 9.97. The number of carbonyl (C=O) groups excluding carboxylic acids is 2. The maximum Gasteiger partial charge on any atom is 0.308 e. The summed E-state index contributed by atoms with van der Waals surface area (Å²) in [5, 5.41) is 4.65. The average molecular weight is 371 g/mol. The predicted octanol–water partition coefficient (Wildman–Crippen LogP) is 2.12. The van der Waals surface area contributed by atoms with Crippen LogP contribution in [0.2, 0.25) is 0 Å². The zero-order valence-electron chi connectivity index (χ0n) is 15.8. The largest absolute Gasteiger partial charge is 0.456 e. The SMILES string of the molecule is CC1CCCC(C)N1C(=O)COC(=O)CCn1ncc(=O)c2ccccc21. The minimum atomic E-state index is -0.453. The van der Waals surface area contributed by atoms with E-state index in [-0.39, 0.29) is 43.0 Å². The molecule has 0 aliphatic carbocycles. The van der Waals surface area contributed by atoms with E-state index in [0.29, 0.717) is 10.9 Å². The van der Waals surface area contributed by atoms with E-state index in [2.05, 4.69) is 5.10 Å². The molecule has 2 atom stereocenters. The van der Waals surface area contributed by atoms with Gasteiger partial charge in [-0.25, -0.2) is 0 Å². The van der Waals surface area contributed by atoms with Gasteiger partial charge in [-0.3, -0.25) is 19.1 Å². The molecule has 1 aromatic carbocycles. The van der Waals surface area contributed by atoms with Crippen LogP contribution >= 0.6 is 0 Å². The summed E-state index contributed by atoms with van der Waals surface area (Å²) in [7, 11) is 0. The maximum atomic E-state index is 12.4. The summed E-state index contributed by atoms with van der Waals surface area (Å²) in [6.45, 7) is 4.11. The fourth-order valence-electron chi connectivity index (χ4n) is 3.74. The lowest BCUT2D eigenvalue weighted by Gasteiger charge is -2.38. The van der Waals surface area contributed by atoms with Gasteiger partial charge in [0.2, 0.25) is 5.43 Å². The molecule has 27 heavy (non-hydrogen) atoms. The number of likely N-dealkylation sites (tertiary alicyclic amines) is 1. The maximum absolute atomic E-state index is 12.4. The highest BCUT2D eigenvalue weighted by Gasteiger charge is 2.29. The lowest BCUT2D eigenvalue weighted by Crippen LogP contribution is -2.49. The summed E-state index contributed by atoms with van der Waals surface area (Å²) in [4.78, 5) is 38.1. The van der Waals surface area contributed by atoms with Crippen molar-refractivity contribution in [2.75, 3.05) is 6.61 Å². The van der Waals surface area contributed by atoms with E-state index in [4.69, 9.17) is 4.74 Å².